The molecule has 3 amide bonds. The van der Waals surface area contributed by atoms with Crippen molar-refractivity contribution in [2.75, 3.05) is 33.4 Å². The molecule has 4 rings (SSSR count). The molecule has 0 aromatic heterocycles. The molecule has 3 atom stereocenters. The van der Waals surface area contributed by atoms with Crippen LogP contribution in [-0.4, -0.2) is 79.2 Å². The molecular weight excluding hydrogens is 539 g/mol. The van der Waals surface area contributed by atoms with Crippen molar-refractivity contribution in [3.63, 3.8) is 0 Å². The molecule has 0 spiro atoms. The summed E-state index contributed by atoms with van der Waals surface area (Å²) in [6, 6.07) is 10.5. The lowest BCUT2D eigenvalue weighted by atomic mass is 9.83. The Hall–Kier alpha value is -3.76. The number of carbonyl (C=O) groups excluding carboxylic acids is 3. The highest BCUT2D eigenvalue weighted by Crippen LogP contribution is 2.28. The molecular formula is C32H41FN4O5. The molecule has 0 radical (unpaired) electrons. The second-order valence-electron chi connectivity index (χ2n) is 10.9. The molecule has 42 heavy (non-hydrogen) atoms. The van der Waals surface area contributed by atoms with Crippen LogP contribution in [0.5, 0.6) is 5.75 Å². The summed E-state index contributed by atoms with van der Waals surface area (Å²) in [7, 11) is 1.51. The van der Waals surface area contributed by atoms with Crippen LogP contribution in [0.3, 0.4) is 0 Å². The first-order valence-corrected chi connectivity index (χ1v) is 14.7. The molecule has 1 saturated carbocycles. The lowest BCUT2D eigenvalue weighted by Crippen LogP contribution is -2.59. The van der Waals surface area contributed by atoms with Crippen LogP contribution in [0.2, 0.25) is 0 Å². The molecule has 1 fully saturated rings. The van der Waals surface area contributed by atoms with Crippen molar-refractivity contribution in [2.24, 2.45) is 5.92 Å². The van der Waals surface area contributed by atoms with Crippen LogP contribution < -0.4 is 20.7 Å². The van der Waals surface area contributed by atoms with Crippen LogP contribution in [0.1, 0.15) is 43.2 Å². The van der Waals surface area contributed by atoms with E-state index in [4.69, 9.17) is 4.74 Å². The zero-order valence-corrected chi connectivity index (χ0v) is 24.1. The van der Waals surface area contributed by atoms with E-state index in [1.807, 2.05) is 30.3 Å². The lowest BCUT2D eigenvalue weighted by molar-refractivity contribution is -0.144. The maximum atomic E-state index is 13.8. The van der Waals surface area contributed by atoms with Gasteiger partial charge in [-0.3, -0.25) is 14.4 Å². The van der Waals surface area contributed by atoms with Crippen molar-refractivity contribution in [2.45, 2.75) is 56.7 Å². The maximum absolute atomic E-state index is 13.8. The second kappa shape index (κ2) is 15.5. The Labute approximate surface area is 246 Å². The van der Waals surface area contributed by atoms with Crippen molar-refractivity contribution in [1.82, 2.24) is 20.9 Å². The molecule has 9 nitrogen and oxygen atoms in total. The lowest BCUT2D eigenvalue weighted by Gasteiger charge is -2.35. The van der Waals surface area contributed by atoms with Crippen LogP contribution >= 0.6 is 0 Å². The molecule has 2 aromatic rings. The third kappa shape index (κ3) is 8.39. The number of rotatable bonds is 4. The molecule has 0 unspecified atom stereocenters. The number of para-hydroxylation sites is 1. The first-order valence-electron chi connectivity index (χ1n) is 14.7. The molecule has 1 aliphatic heterocycles. The molecule has 226 valence electrons. The molecule has 4 N–H and O–H groups in total. The zero-order chi connectivity index (χ0) is 29.9. The molecule has 2 aliphatic rings. The summed E-state index contributed by atoms with van der Waals surface area (Å²) in [5, 5.41) is 19.1. The Morgan fingerprint density at radius 2 is 1.74 bits per heavy atom. The first kappa shape index (κ1) is 31.2. The Morgan fingerprint density at radius 1 is 1.00 bits per heavy atom. The number of hydrogen-bond donors (Lipinski definition) is 4. The Balaban J connectivity index is 1.62. The average molecular weight is 581 g/mol. The number of nitrogens with zero attached hydrogens (tertiary/aromatic N) is 1. The average Bonchev–Trinajstić information content (AvgIpc) is 3.00. The van der Waals surface area contributed by atoms with Crippen LogP contribution in [-0.2, 0) is 20.8 Å². The number of aliphatic hydroxyl groups is 1. The third-order valence-corrected chi connectivity index (χ3v) is 8.00. The summed E-state index contributed by atoms with van der Waals surface area (Å²) >= 11 is 0. The van der Waals surface area contributed by atoms with Gasteiger partial charge in [-0.25, -0.2) is 4.39 Å². The minimum absolute atomic E-state index is 0.0916. The van der Waals surface area contributed by atoms with E-state index in [0.29, 0.717) is 24.5 Å². The number of ether oxygens (including phenoxy) is 1. The van der Waals surface area contributed by atoms with Gasteiger partial charge >= 0.3 is 0 Å². The molecule has 2 aromatic carbocycles. The Kier molecular flexibility index (Phi) is 11.5. The van der Waals surface area contributed by atoms with E-state index in [0.717, 1.165) is 37.7 Å². The summed E-state index contributed by atoms with van der Waals surface area (Å²) in [5.41, 5.74) is 1.49. The number of amides is 3. The largest absolute Gasteiger partial charge is 0.492 e. The SMILES string of the molecule is CN1C(=O)[C@H](C2CCCCC2)NCCOc2ccccc2C=CCNC(=O)[C@@H](Cc2ccc(F)cc2)NC(=O)[C@@H]1CO. The number of halogens is 1. The molecule has 10 heteroatoms. The highest BCUT2D eigenvalue weighted by Gasteiger charge is 2.36. The summed E-state index contributed by atoms with van der Waals surface area (Å²) in [4.78, 5) is 41.8. The van der Waals surface area contributed by atoms with Crippen molar-refractivity contribution < 1.29 is 28.6 Å². The van der Waals surface area contributed by atoms with Gasteiger partial charge in [0.25, 0.3) is 0 Å². The number of aliphatic hydroxyl groups excluding tert-OH is 1. The summed E-state index contributed by atoms with van der Waals surface area (Å²) in [5.74, 6) is -1.02. The minimum Gasteiger partial charge on any atom is -0.492 e. The van der Waals surface area contributed by atoms with Gasteiger partial charge in [0.15, 0.2) is 0 Å². The van der Waals surface area contributed by atoms with Gasteiger partial charge in [-0.15, -0.1) is 0 Å². The number of nitrogens with one attached hydrogen (secondary N) is 3. The highest BCUT2D eigenvalue weighted by molar-refractivity contribution is 5.93. The standard InChI is InChI=1S/C32H41FN4O5/c1-37-27(21-38)31(40)36-26(20-22-13-15-25(33)16-14-22)30(39)35-17-7-11-23-8-5-6-12-28(23)42-19-18-34-29(32(37)41)24-9-3-2-4-10-24/h5-8,11-16,24,26-27,29,34,38H,2-4,9-10,17-21H2,1H3,(H,35,39)(H,36,40)/t26-,27+,29+/m1/s1. The van der Waals surface area contributed by atoms with Gasteiger partial charge in [-0.1, -0.05) is 61.7 Å². The predicted molar refractivity (Wildman–Crippen MR) is 158 cm³/mol. The van der Waals surface area contributed by atoms with Crippen molar-refractivity contribution >= 4 is 23.8 Å². The van der Waals surface area contributed by atoms with Gasteiger partial charge in [0.1, 0.15) is 30.3 Å². The fraction of sp³-hybridized carbons (Fsp3) is 0.469. The topological polar surface area (TPSA) is 120 Å². The monoisotopic (exact) mass is 580 g/mol. The number of fused-ring (bicyclic) bond motifs is 1. The number of benzene rings is 2. The summed E-state index contributed by atoms with van der Waals surface area (Å²) in [6.45, 7) is 0.329. The van der Waals surface area contributed by atoms with Crippen LogP contribution in [0.15, 0.2) is 54.6 Å². The molecule has 0 bridgehead atoms. The van der Waals surface area contributed by atoms with Gasteiger partial charge in [0.2, 0.25) is 17.7 Å². The van der Waals surface area contributed by atoms with Gasteiger partial charge in [0.05, 0.1) is 12.6 Å². The molecule has 1 heterocycles. The van der Waals surface area contributed by atoms with Crippen LogP contribution in [0.25, 0.3) is 6.08 Å². The Bertz CT molecular complexity index is 1230. The van der Waals surface area contributed by atoms with E-state index in [1.54, 1.807) is 18.2 Å². The van der Waals surface area contributed by atoms with E-state index < -0.39 is 42.4 Å². The second-order valence-corrected chi connectivity index (χ2v) is 10.9. The fourth-order valence-electron chi connectivity index (χ4n) is 5.60. The first-order chi connectivity index (χ1) is 20.4. The maximum Gasteiger partial charge on any atom is 0.245 e. The van der Waals surface area contributed by atoms with Gasteiger partial charge in [0, 0.05) is 32.1 Å². The quantitative estimate of drug-likeness (QED) is 0.441. The van der Waals surface area contributed by atoms with Gasteiger partial charge in [-0.05, 0) is 42.5 Å². The highest BCUT2D eigenvalue weighted by atomic mass is 19.1. The third-order valence-electron chi connectivity index (χ3n) is 8.00. The van der Waals surface area contributed by atoms with E-state index in [2.05, 4.69) is 16.0 Å². The number of likely N-dealkylation sites (N-methyl/N-ethyl adjacent to an activating group) is 1. The predicted octanol–water partition coefficient (Wildman–Crippen LogP) is 2.43. The zero-order valence-electron chi connectivity index (χ0n) is 24.1. The summed E-state index contributed by atoms with van der Waals surface area (Å²) < 4.78 is 19.6. The van der Waals surface area contributed by atoms with Crippen molar-refractivity contribution in [1.29, 1.82) is 0 Å². The normalized spacial score (nSPS) is 23.6. The van der Waals surface area contributed by atoms with Gasteiger partial charge < -0.3 is 30.7 Å². The van der Waals surface area contributed by atoms with Gasteiger partial charge in [-0.2, -0.15) is 0 Å². The van der Waals surface area contributed by atoms with Crippen LogP contribution in [0.4, 0.5) is 4.39 Å². The molecule has 0 saturated heterocycles. The fourth-order valence-corrected chi connectivity index (χ4v) is 5.60. The van der Waals surface area contributed by atoms with E-state index in [-0.39, 0.29) is 24.8 Å². The minimum atomic E-state index is -1.20. The van der Waals surface area contributed by atoms with Crippen molar-refractivity contribution in [3.05, 3.63) is 71.6 Å². The Morgan fingerprint density at radius 3 is 2.48 bits per heavy atom. The smallest absolute Gasteiger partial charge is 0.245 e. The van der Waals surface area contributed by atoms with E-state index in [9.17, 15) is 23.9 Å². The molecule has 1 aliphatic carbocycles. The number of hydrogen-bond acceptors (Lipinski definition) is 6. The summed E-state index contributed by atoms with van der Waals surface area (Å²) in [6.07, 6.45) is 8.70. The van der Waals surface area contributed by atoms with E-state index >= 15 is 0 Å². The van der Waals surface area contributed by atoms with E-state index in [1.165, 1.54) is 24.1 Å². The number of carbonyl (C=O) groups is 3. The van der Waals surface area contributed by atoms with Crippen molar-refractivity contribution in [3.8, 4) is 5.75 Å². The van der Waals surface area contributed by atoms with Crippen LogP contribution in [0, 0.1) is 11.7 Å².